The second-order valence-electron chi connectivity index (χ2n) is 5.59. The monoisotopic (exact) mass is 312 g/mol. The summed E-state index contributed by atoms with van der Waals surface area (Å²) in [6.07, 6.45) is 3.71. The molecule has 5 heteroatoms. The highest BCUT2D eigenvalue weighted by molar-refractivity contribution is 6.35. The van der Waals surface area contributed by atoms with Crippen LogP contribution in [-0.4, -0.2) is 29.9 Å². The smallest absolute Gasteiger partial charge is 0.224 e. The Morgan fingerprint density at radius 2 is 2.25 bits per heavy atom. The van der Waals surface area contributed by atoms with Crippen molar-refractivity contribution in [3.05, 3.63) is 33.3 Å². The quantitative estimate of drug-likeness (QED) is 0.910. The van der Waals surface area contributed by atoms with Gasteiger partial charge in [-0.15, -0.1) is 0 Å². The van der Waals surface area contributed by atoms with Crippen molar-refractivity contribution in [3.8, 4) is 0 Å². The lowest BCUT2D eigenvalue weighted by atomic mass is 9.99. The predicted molar refractivity (Wildman–Crippen MR) is 81.2 cm³/mol. The molecule has 1 aromatic rings. The Hall–Kier alpha value is -0.770. The van der Waals surface area contributed by atoms with Crippen LogP contribution >= 0.6 is 23.2 Å². The summed E-state index contributed by atoms with van der Waals surface area (Å²) in [5, 5.41) is 4.71. The number of benzene rings is 1. The van der Waals surface area contributed by atoms with E-state index in [9.17, 15) is 4.79 Å². The third-order valence-electron chi connectivity index (χ3n) is 4.19. The fourth-order valence-corrected chi connectivity index (χ4v) is 3.66. The molecule has 2 aliphatic rings. The molecule has 2 heterocycles. The number of amides is 1. The SMILES string of the molecule is O=C(CC1CCCN1)N1CCc2cc(Cl)cc(Cl)c2C1. The van der Waals surface area contributed by atoms with Gasteiger partial charge in [0.2, 0.25) is 5.91 Å². The third kappa shape index (κ3) is 2.95. The van der Waals surface area contributed by atoms with E-state index in [0.29, 0.717) is 29.1 Å². The molecule has 0 bridgehead atoms. The fraction of sp³-hybridized carbons (Fsp3) is 0.533. The van der Waals surface area contributed by atoms with Crippen LogP contribution in [0.3, 0.4) is 0 Å². The zero-order valence-electron chi connectivity index (χ0n) is 11.3. The highest BCUT2D eigenvalue weighted by Crippen LogP contribution is 2.30. The molecule has 1 atom stereocenters. The normalized spacial score (nSPS) is 21.9. The molecule has 2 aliphatic heterocycles. The Balaban J connectivity index is 1.70. The number of nitrogens with zero attached hydrogens (tertiary/aromatic N) is 1. The molecule has 3 nitrogen and oxygen atoms in total. The molecule has 3 rings (SSSR count). The number of carbonyl (C=O) groups excluding carboxylic acids is 1. The number of carbonyl (C=O) groups is 1. The van der Waals surface area contributed by atoms with Crippen LogP contribution in [-0.2, 0) is 17.8 Å². The first-order valence-corrected chi connectivity index (χ1v) is 7.87. The highest BCUT2D eigenvalue weighted by Gasteiger charge is 2.25. The molecule has 0 aliphatic carbocycles. The van der Waals surface area contributed by atoms with Crippen LogP contribution < -0.4 is 5.32 Å². The van der Waals surface area contributed by atoms with Gasteiger partial charge >= 0.3 is 0 Å². The first kappa shape index (κ1) is 14.2. The van der Waals surface area contributed by atoms with Gasteiger partial charge in [-0.2, -0.15) is 0 Å². The minimum atomic E-state index is 0.223. The van der Waals surface area contributed by atoms with Crippen molar-refractivity contribution in [2.75, 3.05) is 13.1 Å². The van der Waals surface area contributed by atoms with Crippen molar-refractivity contribution >= 4 is 29.1 Å². The fourth-order valence-electron chi connectivity index (χ4n) is 3.07. The van der Waals surface area contributed by atoms with E-state index in [1.807, 2.05) is 11.0 Å². The van der Waals surface area contributed by atoms with Gasteiger partial charge < -0.3 is 10.2 Å². The maximum atomic E-state index is 12.4. The van der Waals surface area contributed by atoms with E-state index in [4.69, 9.17) is 23.2 Å². The summed E-state index contributed by atoms with van der Waals surface area (Å²) in [6.45, 7) is 2.40. The van der Waals surface area contributed by atoms with E-state index in [2.05, 4.69) is 5.32 Å². The first-order valence-electron chi connectivity index (χ1n) is 7.11. The molecule has 0 saturated carbocycles. The lowest BCUT2D eigenvalue weighted by Crippen LogP contribution is -2.39. The maximum Gasteiger partial charge on any atom is 0.224 e. The topological polar surface area (TPSA) is 32.3 Å². The molecule has 1 fully saturated rings. The van der Waals surface area contributed by atoms with E-state index >= 15 is 0 Å². The van der Waals surface area contributed by atoms with Gasteiger partial charge in [0.15, 0.2) is 0 Å². The van der Waals surface area contributed by atoms with Crippen molar-refractivity contribution in [3.63, 3.8) is 0 Å². The van der Waals surface area contributed by atoms with E-state index in [-0.39, 0.29) is 5.91 Å². The van der Waals surface area contributed by atoms with Crippen LogP contribution in [0.2, 0.25) is 10.0 Å². The highest BCUT2D eigenvalue weighted by atomic mass is 35.5. The van der Waals surface area contributed by atoms with E-state index < -0.39 is 0 Å². The van der Waals surface area contributed by atoms with Crippen LogP contribution in [0.5, 0.6) is 0 Å². The molecule has 1 saturated heterocycles. The van der Waals surface area contributed by atoms with E-state index in [1.54, 1.807) is 6.07 Å². The Morgan fingerprint density at radius 1 is 1.40 bits per heavy atom. The van der Waals surface area contributed by atoms with Gasteiger partial charge in [0, 0.05) is 35.6 Å². The molecule has 1 N–H and O–H groups in total. The van der Waals surface area contributed by atoms with Crippen molar-refractivity contribution in [1.29, 1.82) is 0 Å². The molecule has 1 aromatic carbocycles. The molecule has 0 aromatic heterocycles. The summed E-state index contributed by atoms with van der Waals surface area (Å²) in [4.78, 5) is 14.3. The van der Waals surface area contributed by atoms with Crippen LogP contribution in [0, 0.1) is 0 Å². The van der Waals surface area contributed by atoms with Crippen molar-refractivity contribution < 1.29 is 4.79 Å². The summed E-state index contributed by atoms with van der Waals surface area (Å²) in [5.74, 6) is 0.223. The number of hydrogen-bond acceptors (Lipinski definition) is 2. The number of fused-ring (bicyclic) bond motifs is 1. The molecule has 20 heavy (non-hydrogen) atoms. The molecular formula is C15H18Cl2N2O. The molecule has 1 unspecified atom stereocenters. The summed E-state index contributed by atoms with van der Waals surface area (Å²) in [5.41, 5.74) is 2.22. The first-order chi connectivity index (χ1) is 9.63. The van der Waals surface area contributed by atoms with Gasteiger partial charge in [-0.05, 0) is 49.1 Å². The van der Waals surface area contributed by atoms with Crippen LogP contribution in [0.1, 0.15) is 30.4 Å². The van der Waals surface area contributed by atoms with Crippen LogP contribution in [0.25, 0.3) is 0 Å². The summed E-state index contributed by atoms with van der Waals surface area (Å²) in [7, 11) is 0. The van der Waals surface area contributed by atoms with Gasteiger partial charge in [-0.25, -0.2) is 0 Å². The summed E-state index contributed by atoms with van der Waals surface area (Å²) in [6, 6.07) is 4.07. The molecule has 0 radical (unpaired) electrons. The average molecular weight is 313 g/mol. The largest absolute Gasteiger partial charge is 0.338 e. The Morgan fingerprint density at radius 3 is 3.00 bits per heavy atom. The lowest BCUT2D eigenvalue weighted by molar-refractivity contribution is -0.132. The summed E-state index contributed by atoms with van der Waals surface area (Å²) < 4.78 is 0. The maximum absolute atomic E-state index is 12.4. The van der Waals surface area contributed by atoms with Crippen LogP contribution in [0.4, 0.5) is 0 Å². The zero-order valence-corrected chi connectivity index (χ0v) is 12.8. The molecule has 0 spiro atoms. The average Bonchev–Trinajstić information content (AvgIpc) is 2.91. The van der Waals surface area contributed by atoms with Crippen molar-refractivity contribution in [2.45, 2.75) is 38.3 Å². The van der Waals surface area contributed by atoms with Gasteiger partial charge in [-0.1, -0.05) is 23.2 Å². The van der Waals surface area contributed by atoms with Gasteiger partial charge in [-0.3, -0.25) is 4.79 Å². The molecule has 108 valence electrons. The van der Waals surface area contributed by atoms with Crippen molar-refractivity contribution in [1.82, 2.24) is 10.2 Å². The third-order valence-corrected chi connectivity index (χ3v) is 4.74. The molecular weight excluding hydrogens is 295 g/mol. The zero-order chi connectivity index (χ0) is 14.1. The summed E-state index contributed by atoms with van der Waals surface area (Å²) >= 11 is 12.3. The Bertz CT molecular complexity index is 527. The van der Waals surface area contributed by atoms with E-state index in [1.165, 1.54) is 12.0 Å². The van der Waals surface area contributed by atoms with E-state index in [0.717, 1.165) is 31.5 Å². The van der Waals surface area contributed by atoms with Crippen LogP contribution in [0.15, 0.2) is 12.1 Å². The minimum Gasteiger partial charge on any atom is -0.338 e. The standard InChI is InChI=1S/C15H18Cl2N2O/c16-11-6-10-3-5-19(9-13(10)14(17)7-11)15(20)8-12-2-1-4-18-12/h6-7,12,18H,1-5,8-9H2. The van der Waals surface area contributed by atoms with Gasteiger partial charge in [0.1, 0.15) is 0 Å². The number of rotatable bonds is 2. The van der Waals surface area contributed by atoms with Gasteiger partial charge in [0.25, 0.3) is 0 Å². The second-order valence-corrected chi connectivity index (χ2v) is 6.43. The van der Waals surface area contributed by atoms with Gasteiger partial charge in [0.05, 0.1) is 0 Å². The number of halogens is 2. The Kier molecular flexibility index (Phi) is 4.20. The predicted octanol–water partition coefficient (Wildman–Crippen LogP) is 3.02. The second kappa shape index (κ2) is 5.92. The van der Waals surface area contributed by atoms with Crippen molar-refractivity contribution in [2.24, 2.45) is 0 Å². The Labute approximate surface area is 129 Å². The lowest BCUT2D eigenvalue weighted by Gasteiger charge is -2.30. The minimum absolute atomic E-state index is 0.223. The molecule has 1 amide bonds. The number of nitrogens with one attached hydrogen (secondary N) is 1. The number of hydrogen-bond donors (Lipinski definition) is 1.